The number of nitrogens with zero attached hydrogens (tertiary/aromatic N) is 3. The second kappa shape index (κ2) is 8.97. The fraction of sp³-hybridized carbons (Fsp3) is 0.500. The van der Waals surface area contributed by atoms with Gasteiger partial charge in [0.15, 0.2) is 11.5 Å². The summed E-state index contributed by atoms with van der Waals surface area (Å²) in [6.07, 6.45) is 7.04. The van der Waals surface area contributed by atoms with Crippen molar-refractivity contribution in [1.29, 1.82) is 0 Å². The van der Waals surface area contributed by atoms with Gasteiger partial charge >= 0.3 is 0 Å². The lowest BCUT2D eigenvalue weighted by Gasteiger charge is -2.29. The van der Waals surface area contributed by atoms with Crippen LogP contribution in [0.2, 0.25) is 0 Å². The van der Waals surface area contributed by atoms with Crippen LogP contribution in [0, 0.1) is 0 Å². The molecule has 3 rings (SSSR count). The molecule has 6 N–H and O–H groups in total. The van der Waals surface area contributed by atoms with E-state index in [1.165, 1.54) is 5.56 Å². The van der Waals surface area contributed by atoms with Crippen molar-refractivity contribution in [3.8, 4) is 0 Å². The monoisotopic (exact) mass is 383 g/mol. The Bertz CT molecular complexity index is 826. The van der Waals surface area contributed by atoms with Crippen molar-refractivity contribution in [2.45, 2.75) is 64.0 Å². The molecule has 1 aliphatic rings. The van der Waals surface area contributed by atoms with Crippen molar-refractivity contribution in [2.24, 2.45) is 11.5 Å². The van der Waals surface area contributed by atoms with Crippen LogP contribution in [0.1, 0.15) is 67.9 Å². The molecule has 0 aromatic carbocycles. The van der Waals surface area contributed by atoms with Gasteiger partial charge in [-0.1, -0.05) is 26.7 Å². The average molecular weight is 384 g/mol. The minimum atomic E-state index is -0.644. The number of hydrogen-bond donors (Lipinski definition) is 4. The normalized spacial score (nSPS) is 20.4. The lowest BCUT2D eigenvalue weighted by molar-refractivity contribution is 0.0995. The van der Waals surface area contributed by atoms with Crippen LogP contribution in [0.15, 0.2) is 24.4 Å². The third kappa shape index (κ3) is 4.75. The predicted octanol–water partition coefficient (Wildman–Crippen LogP) is 2.91. The number of aromatic nitrogens is 3. The van der Waals surface area contributed by atoms with Crippen molar-refractivity contribution in [1.82, 2.24) is 15.2 Å². The van der Waals surface area contributed by atoms with E-state index in [9.17, 15) is 4.79 Å². The number of anilines is 3. The molecule has 3 atom stereocenters. The number of nitrogens with one attached hydrogen (secondary N) is 2. The summed E-state index contributed by atoms with van der Waals surface area (Å²) in [6, 6.07) is 5.94. The SMILES string of the molecule is CCC(C)c1ccnc(Nc2cc(N[C@@H]3CCCC[C@@H]3N)nnc2C(N)=O)c1. The Morgan fingerprint density at radius 3 is 2.75 bits per heavy atom. The van der Waals surface area contributed by atoms with Gasteiger partial charge in [-0.05, 0) is 42.9 Å². The molecule has 1 aliphatic carbocycles. The average Bonchev–Trinajstić information content (AvgIpc) is 2.69. The Morgan fingerprint density at radius 2 is 2.04 bits per heavy atom. The number of primary amides is 1. The molecular weight excluding hydrogens is 354 g/mol. The summed E-state index contributed by atoms with van der Waals surface area (Å²) in [5.74, 6) is 0.968. The molecule has 0 saturated heterocycles. The third-order valence-electron chi connectivity index (χ3n) is 5.41. The third-order valence-corrected chi connectivity index (χ3v) is 5.41. The summed E-state index contributed by atoms with van der Waals surface area (Å²) in [5.41, 5.74) is 13.4. The number of rotatable bonds is 7. The summed E-state index contributed by atoms with van der Waals surface area (Å²) in [6.45, 7) is 4.31. The lowest BCUT2D eigenvalue weighted by Crippen LogP contribution is -2.42. The van der Waals surface area contributed by atoms with Crippen LogP contribution in [-0.4, -0.2) is 33.2 Å². The van der Waals surface area contributed by atoms with E-state index in [4.69, 9.17) is 11.5 Å². The zero-order valence-corrected chi connectivity index (χ0v) is 16.5. The molecule has 1 saturated carbocycles. The van der Waals surface area contributed by atoms with E-state index in [0.717, 1.165) is 32.1 Å². The molecule has 0 spiro atoms. The van der Waals surface area contributed by atoms with Crippen LogP contribution < -0.4 is 22.1 Å². The van der Waals surface area contributed by atoms with Crippen LogP contribution >= 0.6 is 0 Å². The molecule has 0 radical (unpaired) electrons. The van der Waals surface area contributed by atoms with E-state index in [0.29, 0.717) is 23.2 Å². The first-order chi connectivity index (χ1) is 13.5. The number of hydrogen-bond acceptors (Lipinski definition) is 7. The molecule has 2 aromatic heterocycles. The molecule has 0 bridgehead atoms. The highest BCUT2D eigenvalue weighted by atomic mass is 16.1. The van der Waals surface area contributed by atoms with Gasteiger partial charge in [0, 0.05) is 24.3 Å². The summed E-state index contributed by atoms with van der Waals surface area (Å²) >= 11 is 0. The number of carbonyl (C=O) groups is 1. The zero-order chi connectivity index (χ0) is 20.1. The first-order valence-corrected chi connectivity index (χ1v) is 9.90. The largest absolute Gasteiger partial charge is 0.364 e. The fourth-order valence-electron chi connectivity index (χ4n) is 3.46. The predicted molar refractivity (Wildman–Crippen MR) is 111 cm³/mol. The first-order valence-electron chi connectivity index (χ1n) is 9.90. The van der Waals surface area contributed by atoms with E-state index < -0.39 is 5.91 Å². The molecule has 1 amide bonds. The Morgan fingerprint density at radius 1 is 1.25 bits per heavy atom. The van der Waals surface area contributed by atoms with Gasteiger partial charge in [-0.3, -0.25) is 4.79 Å². The molecule has 150 valence electrons. The first kappa shape index (κ1) is 20.0. The lowest BCUT2D eigenvalue weighted by atomic mass is 9.91. The van der Waals surface area contributed by atoms with Crippen molar-refractivity contribution < 1.29 is 4.79 Å². The molecule has 28 heavy (non-hydrogen) atoms. The van der Waals surface area contributed by atoms with Gasteiger partial charge in [-0.15, -0.1) is 10.2 Å². The Balaban J connectivity index is 1.85. The maximum atomic E-state index is 11.8. The summed E-state index contributed by atoms with van der Waals surface area (Å²) in [5, 5.41) is 14.7. The standard InChI is InChI=1S/C20H29N7O/c1-3-12(2)13-8-9-23-17(10-13)25-16-11-18(26-27-19(16)20(22)28)24-15-7-5-4-6-14(15)21/h8-12,14-15H,3-7,21H2,1-2H3,(H2,22,28)(H2,23,24,25,26)/t12?,14-,15+/m0/s1. The smallest absolute Gasteiger partial charge is 0.271 e. The van der Waals surface area contributed by atoms with Crippen molar-refractivity contribution in [3.05, 3.63) is 35.7 Å². The van der Waals surface area contributed by atoms with Gasteiger partial charge in [0.2, 0.25) is 0 Å². The van der Waals surface area contributed by atoms with Gasteiger partial charge in [-0.25, -0.2) is 4.98 Å². The number of nitrogens with two attached hydrogens (primary N) is 2. The minimum absolute atomic E-state index is 0.0780. The maximum Gasteiger partial charge on any atom is 0.271 e. The molecule has 1 fully saturated rings. The number of pyridine rings is 1. The maximum absolute atomic E-state index is 11.8. The highest BCUT2D eigenvalue weighted by Crippen LogP contribution is 2.26. The summed E-state index contributed by atoms with van der Waals surface area (Å²) < 4.78 is 0. The van der Waals surface area contributed by atoms with Gasteiger partial charge in [0.05, 0.1) is 5.69 Å². The molecule has 0 aliphatic heterocycles. The van der Waals surface area contributed by atoms with E-state index in [2.05, 4.69) is 39.7 Å². The quantitative estimate of drug-likeness (QED) is 0.578. The molecule has 2 heterocycles. The van der Waals surface area contributed by atoms with Crippen LogP contribution in [0.25, 0.3) is 0 Å². The second-order valence-corrected chi connectivity index (χ2v) is 7.46. The second-order valence-electron chi connectivity index (χ2n) is 7.46. The van der Waals surface area contributed by atoms with Gasteiger partial charge in [0.1, 0.15) is 5.82 Å². The van der Waals surface area contributed by atoms with Crippen molar-refractivity contribution >= 4 is 23.2 Å². The topological polar surface area (TPSA) is 132 Å². The van der Waals surface area contributed by atoms with E-state index in [1.54, 1.807) is 12.3 Å². The van der Waals surface area contributed by atoms with Crippen LogP contribution in [0.3, 0.4) is 0 Å². The van der Waals surface area contributed by atoms with E-state index in [1.807, 2.05) is 12.1 Å². The van der Waals surface area contributed by atoms with E-state index in [-0.39, 0.29) is 17.8 Å². The molecule has 2 aromatic rings. The van der Waals surface area contributed by atoms with Crippen LogP contribution in [0.5, 0.6) is 0 Å². The molecule has 8 heteroatoms. The van der Waals surface area contributed by atoms with Crippen LogP contribution in [0.4, 0.5) is 17.3 Å². The Labute approximate surface area is 165 Å². The van der Waals surface area contributed by atoms with E-state index >= 15 is 0 Å². The molecular formula is C20H29N7O. The minimum Gasteiger partial charge on any atom is -0.364 e. The zero-order valence-electron chi connectivity index (χ0n) is 16.5. The number of amides is 1. The Hall–Kier alpha value is -2.74. The number of carbonyl (C=O) groups excluding carboxylic acids is 1. The van der Waals surface area contributed by atoms with Crippen molar-refractivity contribution in [2.75, 3.05) is 10.6 Å². The van der Waals surface area contributed by atoms with Gasteiger partial charge < -0.3 is 22.1 Å². The van der Waals surface area contributed by atoms with Crippen LogP contribution in [-0.2, 0) is 0 Å². The summed E-state index contributed by atoms with van der Waals surface area (Å²) in [4.78, 5) is 16.2. The van der Waals surface area contributed by atoms with Gasteiger partial charge in [-0.2, -0.15) is 0 Å². The Kier molecular flexibility index (Phi) is 6.41. The summed E-state index contributed by atoms with van der Waals surface area (Å²) in [7, 11) is 0. The highest BCUT2D eigenvalue weighted by molar-refractivity contribution is 5.97. The van der Waals surface area contributed by atoms with Gasteiger partial charge in [0.25, 0.3) is 5.91 Å². The fourth-order valence-corrected chi connectivity index (χ4v) is 3.46. The van der Waals surface area contributed by atoms with Crippen molar-refractivity contribution in [3.63, 3.8) is 0 Å². The molecule has 8 nitrogen and oxygen atoms in total. The highest BCUT2D eigenvalue weighted by Gasteiger charge is 2.23. The molecule has 1 unspecified atom stereocenters.